The minimum absolute atomic E-state index is 0.0830. The fourth-order valence-electron chi connectivity index (χ4n) is 1.99. The van der Waals surface area contributed by atoms with E-state index in [-0.39, 0.29) is 23.7 Å². The maximum absolute atomic E-state index is 12.0. The van der Waals surface area contributed by atoms with Crippen LogP contribution < -0.4 is 5.32 Å². The SMILES string of the molecule is C#CCC(C)N(Cc1cccc(NC(C)=O)c1)C(=O)CCl. The number of carbonyl (C=O) groups is 2. The molecule has 0 aliphatic heterocycles. The molecule has 5 heteroatoms. The highest BCUT2D eigenvalue weighted by Crippen LogP contribution is 2.16. The molecule has 1 aromatic rings. The van der Waals surface area contributed by atoms with E-state index in [9.17, 15) is 9.59 Å². The maximum Gasteiger partial charge on any atom is 0.238 e. The first-order chi connectivity index (χ1) is 9.97. The number of halogens is 1. The van der Waals surface area contributed by atoms with Crippen molar-refractivity contribution in [2.24, 2.45) is 0 Å². The monoisotopic (exact) mass is 306 g/mol. The number of nitrogens with one attached hydrogen (secondary N) is 1. The molecule has 0 spiro atoms. The van der Waals surface area contributed by atoms with Gasteiger partial charge in [-0.25, -0.2) is 0 Å². The van der Waals surface area contributed by atoms with E-state index in [1.54, 1.807) is 11.0 Å². The maximum atomic E-state index is 12.0. The fourth-order valence-corrected chi connectivity index (χ4v) is 2.15. The van der Waals surface area contributed by atoms with Crippen molar-refractivity contribution in [1.82, 2.24) is 4.90 Å². The molecule has 1 atom stereocenters. The smallest absolute Gasteiger partial charge is 0.238 e. The zero-order chi connectivity index (χ0) is 15.8. The van der Waals surface area contributed by atoms with Crippen LogP contribution in [0.1, 0.15) is 25.8 Å². The van der Waals surface area contributed by atoms with Crippen LogP contribution >= 0.6 is 11.6 Å². The second kappa shape index (κ2) is 8.33. The van der Waals surface area contributed by atoms with Gasteiger partial charge in [0.2, 0.25) is 11.8 Å². The van der Waals surface area contributed by atoms with Gasteiger partial charge >= 0.3 is 0 Å². The zero-order valence-electron chi connectivity index (χ0n) is 12.2. The lowest BCUT2D eigenvalue weighted by Gasteiger charge is -2.28. The number of hydrogen-bond acceptors (Lipinski definition) is 2. The Hall–Kier alpha value is -1.99. The molecule has 0 aliphatic rings. The summed E-state index contributed by atoms with van der Waals surface area (Å²) in [6.45, 7) is 3.74. The van der Waals surface area contributed by atoms with Gasteiger partial charge in [-0.2, -0.15) is 0 Å². The van der Waals surface area contributed by atoms with Crippen LogP contribution in [-0.2, 0) is 16.1 Å². The molecular formula is C16H19ClN2O2. The van der Waals surface area contributed by atoms with Gasteiger partial charge in [0.15, 0.2) is 0 Å². The Morgan fingerprint density at radius 3 is 2.76 bits per heavy atom. The highest BCUT2D eigenvalue weighted by Gasteiger charge is 2.19. The zero-order valence-corrected chi connectivity index (χ0v) is 13.0. The van der Waals surface area contributed by atoms with Crippen LogP contribution in [0.4, 0.5) is 5.69 Å². The molecule has 0 fully saturated rings. The first-order valence-corrected chi connectivity index (χ1v) is 7.16. The minimum atomic E-state index is -0.163. The molecule has 1 N–H and O–H groups in total. The van der Waals surface area contributed by atoms with Gasteiger partial charge in [-0.3, -0.25) is 9.59 Å². The van der Waals surface area contributed by atoms with E-state index in [0.717, 1.165) is 5.56 Å². The number of nitrogens with zero attached hydrogens (tertiary/aromatic N) is 1. The lowest BCUT2D eigenvalue weighted by atomic mass is 10.1. The Morgan fingerprint density at radius 1 is 1.48 bits per heavy atom. The molecule has 1 unspecified atom stereocenters. The summed E-state index contributed by atoms with van der Waals surface area (Å²) >= 11 is 5.66. The summed E-state index contributed by atoms with van der Waals surface area (Å²) in [6.07, 6.45) is 5.78. The lowest BCUT2D eigenvalue weighted by molar-refractivity contribution is -0.131. The van der Waals surface area contributed by atoms with Crippen molar-refractivity contribution < 1.29 is 9.59 Å². The summed E-state index contributed by atoms with van der Waals surface area (Å²) < 4.78 is 0. The van der Waals surface area contributed by atoms with Crippen molar-refractivity contribution in [3.8, 4) is 12.3 Å². The van der Waals surface area contributed by atoms with Gasteiger partial charge < -0.3 is 10.2 Å². The van der Waals surface area contributed by atoms with Crippen molar-refractivity contribution >= 4 is 29.1 Å². The molecule has 0 saturated carbocycles. The largest absolute Gasteiger partial charge is 0.334 e. The number of anilines is 1. The standard InChI is InChI=1S/C16H19ClN2O2/c1-4-6-12(2)19(16(21)10-17)11-14-7-5-8-15(9-14)18-13(3)20/h1,5,7-9,12H,6,10-11H2,2-3H3,(H,18,20). The number of amides is 2. The third kappa shape index (κ3) is 5.49. The molecule has 1 aromatic carbocycles. The summed E-state index contributed by atoms with van der Waals surface area (Å²) in [4.78, 5) is 24.7. The second-order valence-corrected chi connectivity index (χ2v) is 5.06. The predicted molar refractivity (Wildman–Crippen MR) is 84.9 cm³/mol. The van der Waals surface area contributed by atoms with E-state index in [2.05, 4.69) is 11.2 Å². The van der Waals surface area contributed by atoms with Crippen LogP contribution in [0.15, 0.2) is 24.3 Å². The topological polar surface area (TPSA) is 49.4 Å². The molecule has 0 heterocycles. The Bertz CT molecular complexity index is 551. The van der Waals surface area contributed by atoms with Crippen LogP contribution in [-0.4, -0.2) is 28.6 Å². The van der Waals surface area contributed by atoms with Crippen molar-refractivity contribution in [1.29, 1.82) is 0 Å². The van der Waals surface area contributed by atoms with Crippen molar-refractivity contribution in [3.63, 3.8) is 0 Å². The average Bonchev–Trinajstić information content (AvgIpc) is 2.44. The number of terminal acetylenes is 1. The summed E-state index contributed by atoms with van der Waals surface area (Å²) in [5.74, 6) is 2.17. The predicted octanol–water partition coefficient (Wildman–Crippen LogP) is 2.62. The van der Waals surface area contributed by atoms with E-state index in [1.165, 1.54) is 6.92 Å². The third-order valence-electron chi connectivity index (χ3n) is 2.98. The molecule has 1 rings (SSSR count). The summed E-state index contributed by atoms with van der Waals surface area (Å²) in [7, 11) is 0. The normalized spacial score (nSPS) is 11.3. The number of hydrogen-bond donors (Lipinski definition) is 1. The molecule has 0 radical (unpaired) electrons. The summed E-state index contributed by atoms with van der Waals surface area (Å²) in [5.41, 5.74) is 1.60. The highest BCUT2D eigenvalue weighted by molar-refractivity contribution is 6.27. The molecule has 112 valence electrons. The van der Waals surface area contributed by atoms with Crippen LogP contribution in [0.3, 0.4) is 0 Å². The van der Waals surface area contributed by atoms with E-state index >= 15 is 0 Å². The fraction of sp³-hybridized carbons (Fsp3) is 0.375. The number of rotatable bonds is 6. The van der Waals surface area contributed by atoms with Crippen LogP contribution in [0.25, 0.3) is 0 Å². The van der Waals surface area contributed by atoms with Crippen LogP contribution in [0, 0.1) is 12.3 Å². The lowest BCUT2D eigenvalue weighted by Crippen LogP contribution is -2.38. The molecule has 2 amide bonds. The number of alkyl halides is 1. The van der Waals surface area contributed by atoms with Gasteiger partial charge in [-0.1, -0.05) is 12.1 Å². The molecule has 0 bridgehead atoms. The molecule has 0 aliphatic carbocycles. The average molecular weight is 307 g/mol. The van der Waals surface area contributed by atoms with Crippen molar-refractivity contribution in [3.05, 3.63) is 29.8 Å². The summed E-state index contributed by atoms with van der Waals surface area (Å²) in [5, 5.41) is 2.72. The molecule has 0 saturated heterocycles. The van der Waals surface area contributed by atoms with E-state index in [0.29, 0.717) is 18.7 Å². The van der Waals surface area contributed by atoms with Gasteiger partial charge in [-0.05, 0) is 24.6 Å². The third-order valence-corrected chi connectivity index (χ3v) is 3.21. The number of carbonyl (C=O) groups excluding carboxylic acids is 2. The van der Waals surface area contributed by atoms with Crippen LogP contribution in [0.5, 0.6) is 0 Å². The molecular weight excluding hydrogens is 288 g/mol. The Labute approximate surface area is 130 Å². The van der Waals surface area contributed by atoms with E-state index in [4.69, 9.17) is 18.0 Å². The minimum Gasteiger partial charge on any atom is -0.334 e. The summed E-state index contributed by atoms with van der Waals surface area (Å²) in [6, 6.07) is 7.26. The number of benzene rings is 1. The van der Waals surface area contributed by atoms with Gasteiger partial charge in [0.1, 0.15) is 5.88 Å². The Kier molecular flexibility index (Phi) is 6.77. The van der Waals surface area contributed by atoms with Gasteiger partial charge in [0, 0.05) is 31.6 Å². The van der Waals surface area contributed by atoms with Crippen LogP contribution in [0.2, 0.25) is 0 Å². The molecule has 21 heavy (non-hydrogen) atoms. The first-order valence-electron chi connectivity index (χ1n) is 6.63. The highest BCUT2D eigenvalue weighted by atomic mass is 35.5. The van der Waals surface area contributed by atoms with Crippen molar-refractivity contribution in [2.75, 3.05) is 11.2 Å². The van der Waals surface area contributed by atoms with E-state index in [1.807, 2.05) is 25.1 Å². The Balaban J connectivity index is 2.90. The first kappa shape index (κ1) is 17.1. The Morgan fingerprint density at radius 2 is 2.19 bits per heavy atom. The van der Waals surface area contributed by atoms with Gasteiger partial charge in [-0.15, -0.1) is 23.9 Å². The quantitative estimate of drug-likeness (QED) is 0.649. The molecule has 4 nitrogen and oxygen atoms in total. The van der Waals surface area contributed by atoms with Gasteiger partial charge in [0.25, 0.3) is 0 Å². The molecule has 0 aromatic heterocycles. The van der Waals surface area contributed by atoms with Gasteiger partial charge in [0.05, 0.1) is 0 Å². The van der Waals surface area contributed by atoms with Crippen molar-refractivity contribution in [2.45, 2.75) is 32.9 Å². The second-order valence-electron chi connectivity index (χ2n) is 4.79. The van der Waals surface area contributed by atoms with E-state index < -0.39 is 0 Å².